The van der Waals surface area contributed by atoms with Gasteiger partial charge < -0.3 is 41.8 Å². The van der Waals surface area contributed by atoms with Gasteiger partial charge in [-0.05, 0) is 53.0 Å². The molecule has 1 aromatic carbocycles. The van der Waals surface area contributed by atoms with E-state index in [1.54, 1.807) is 19.0 Å². The molecule has 210 valence electrons. The molecule has 0 aromatic heterocycles. The zero-order valence-corrected chi connectivity index (χ0v) is 21.9. The van der Waals surface area contributed by atoms with Crippen LogP contribution in [0.4, 0.5) is 4.39 Å². The molecule has 12 nitrogen and oxygen atoms in total. The van der Waals surface area contributed by atoms with Gasteiger partial charge in [0.25, 0.3) is 5.91 Å². The first-order valence-corrected chi connectivity index (χ1v) is 12.2. The number of likely N-dealkylation sites (N-methyl/N-ethyl adjacent to an activating group) is 2. The molecule has 0 heterocycles. The van der Waals surface area contributed by atoms with Crippen molar-refractivity contribution in [1.29, 1.82) is 0 Å². The predicted molar refractivity (Wildman–Crippen MR) is 138 cm³/mol. The number of carbonyl (C=O) groups excluding carboxylic acids is 3. The molecule has 3 aliphatic carbocycles. The van der Waals surface area contributed by atoms with Gasteiger partial charge in [0, 0.05) is 29.2 Å². The normalized spacial score (nSPS) is 26.5. The van der Waals surface area contributed by atoms with Crippen LogP contribution in [0.2, 0.25) is 0 Å². The monoisotopic (exact) mass is 544 g/mol. The number of hydrogen-bond acceptors (Lipinski definition) is 9. The quantitative estimate of drug-likeness (QED) is 0.279. The second-order valence-corrected chi connectivity index (χ2v) is 10.7. The summed E-state index contributed by atoms with van der Waals surface area (Å²) in [5, 5.41) is 58.0. The molecule has 13 heteroatoms. The standard InChI is InChI=1S/C26H31FN5O7/c1-31(2)9-15(33)30-8-11-7-14(27)12-5-10-6-13-19(32(3)4)22(36)18(25(29)38)23(28)26(13,39)24(37)16(10)21(35)17(12)20(11)34/h7,10,13,19,34-36,39H,5-6,8-9H2,1-4H3,(H2,29,38)(H,30,33)/q-1/t10-,13-,19-,26+/m0/s1. The molecular weight excluding hydrogens is 513 g/mol. The van der Waals surface area contributed by atoms with Gasteiger partial charge >= 0.3 is 0 Å². The maximum absolute atomic E-state index is 15.3. The van der Waals surface area contributed by atoms with E-state index < -0.39 is 75.4 Å². The molecule has 0 radical (unpaired) electrons. The number of ketones is 1. The molecule has 1 aromatic rings. The van der Waals surface area contributed by atoms with Gasteiger partial charge in [0.05, 0.1) is 23.7 Å². The number of benzene rings is 1. The first-order chi connectivity index (χ1) is 18.1. The first kappa shape index (κ1) is 28.2. The molecule has 3 aliphatic rings. The number of nitrogens with two attached hydrogens (primary N) is 1. The Hall–Kier alpha value is -3.81. The number of Topliss-reactive ketones (excluding diaryl/α,β-unsaturated/α-hetero) is 1. The van der Waals surface area contributed by atoms with Crippen molar-refractivity contribution in [3.05, 3.63) is 50.9 Å². The number of rotatable bonds is 6. The second kappa shape index (κ2) is 9.74. The summed E-state index contributed by atoms with van der Waals surface area (Å²) in [7, 11) is 6.42. The highest BCUT2D eigenvalue weighted by Crippen LogP contribution is 2.52. The van der Waals surface area contributed by atoms with Crippen molar-refractivity contribution in [3.8, 4) is 5.75 Å². The van der Waals surface area contributed by atoms with Gasteiger partial charge in [-0.1, -0.05) is 0 Å². The largest absolute Gasteiger partial charge is 0.804 e. The molecule has 39 heavy (non-hydrogen) atoms. The lowest BCUT2D eigenvalue weighted by atomic mass is 9.57. The second-order valence-electron chi connectivity index (χ2n) is 10.7. The average molecular weight is 545 g/mol. The molecule has 2 amide bonds. The molecule has 4 rings (SSSR count). The predicted octanol–water partition coefficient (Wildman–Crippen LogP) is -0.278. The van der Waals surface area contributed by atoms with E-state index >= 15 is 4.39 Å². The summed E-state index contributed by atoms with van der Waals surface area (Å²) in [5.74, 6) is -7.61. The highest BCUT2D eigenvalue weighted by Gasteiger charge is 2.60. The SMILES string of the molecule is CN(C)CC(=O)NCc1cc(F)c2c(c1O)C(O)=C1C(=O)[C@]3(O)C(=[N-])C(C(N)=O)=C(O)[C@@H](N(C)C)[C@@H]3C[C@@H]1C2. The van der Waals surface area contributed by atoms with Crippen LogP contribution in [0.1, 0.15) is 23.1 Å². The first-order valence-electron chi connectivity index (χ1n) is 12.2. The van der Waals surface area contributed by atoms with E-state index in [2.05, 4.69) is 5.32 Å². The lowest BCUT2D eigenvalue weighted by Crippen LogP contribution is -2.66. The van der Waals surface area contributed by atoms with E-state index in [-0.39, 0.29) is 48.2 Å². The zero-order valence-electron chi connectivity index (χ0n) is 21.9. The van der Waals surface area contributed by atoms with Crippen LogP contribution < -0.4 is 11.1 Å². The summed E-state index contributed by atoms with van der Waals surface area (Å²) < 4.78 is 15.3. The van der Waals surface area contributed by atoms with E-state index in [0.29, 0.717) is 0 Å². The molecule has 1 fully saturated rings. The van der Waals surface area contributed by atoms with Crippen LogP contribution in [0.15, 0.2) is 23.0 Å². The number of phenolic OH excluding ortho intramolecular Hbond substituents is 1. The third-order valence-electron chi connectivity index (χ3n) is 7.70. The molecule has 0 spiro atoms. The summed E-state index contributed by atoms with van der Waals surface area (Å²) in [4.78, 5) is 41.0. The molecule has 1 saturated carbocycles. The number of nitrogens with one attached hydrogen (secondary N) is 1. The number of fused-ring (bicyclic) bond motifs is 3. The number of primary amides is 1. The van der Waals surface area contributed by atoms with E-state index in [1.165, 1.54) is 19.0 Å². The van der Waals surface area contributed by atoms with Gasteiger partial charge in [-0.3, -0.25) is 19.3 Å². The van der Waals surface area contributed by atoms with Gasteiger partial charge in [-0.25, -0.2) is 4.39 Å². The van der Waals surface area contributed by atoms with E-state index in [0.717, 1.165) is 6.07 Å². The Morgan fingerprint density at radius 3 is 2.44 bits per heavy atom. The van der Waals surface area contributed by atoms with Crippen LogP contribution in [0.25, 0.3) is 11.2 Å². The number of amides is 2. The number of nitrogens with zero attached hydrogens (tertiary/aromatic N) is 3. The van der Waals surface area contributed by atoms with Crippen LogP contribution in [-0.4, -0.2) is 99.9 Å². The van der Waals surface area contributed by atoms with Crippen LogP contribution in [0.3, 0.4) is 0 Å². The van der Waals surface area contributed by atoms with Gasteiger partial charge in [0.15, 0.2) is 5.78 Å². The number of carbonyl (C=O) groups is 3. The summed E-state index contributed by atoms with van der Waals surface area (Å²) in [5.41, 5.74) is -0.183. The molecular formula is C26H31FN5O7-. The lowest BCUT2D eigenvalue weighted by Gasteiger charge is -2.54. The van der Waals surface area contributed by atoms with Crippen molar-refractivity contribution in [2.75, 3.05) is 34.7 Å². The third kappa shape index (κ3) is 4.26. The minimum Gasteiger partial charge on any atom is -0.804 e. The van der Waals surface area contributed by atoms with Crippen molar-refractivity contribution >= 4 is 29.1 Å². The fourth-order valence-corrected chi connectivity index (χ4v) is 6.02. The topological polar surface area (TPSA) is 199 Å². The highest BCUT2D eigenvalue weighted by molar-refractivity contribution is 6.35. The van der Waals surface area contributed by atoms with Crippen LogP contribution in [0.5, 0.6) is 5.75 Å². The molecule has 0 bridgehead atoms. The Morgan fingerprint density at radius 1 is 1.23 bits per heavy atom. The Kier molecular flexibility index (Phi) is 7.04. The van der Waals surface area contributed by atoms with Crippen LogP contribution in [-0.2, 0) is 27.3 Å². The number of aromatic hydroxyl groups is 1. The van der Waals surface area contributed by atoms with E-state index in [9.17, 15) is 40.2 Å². The smallest absolute Gasteiger partial charge is 0.250 e. The number of phenols is 1. The van der Waals surface area contributed by atoms with Crippen molar-refractivity contribution in [1.82, 2.24) is 15.1 Å². The number of hydrogen-bond donors (Lipinski definition) is 6. The van der Waals surface area contributed by atoms with Crippen molar-refractivity contribution in [2.45, 2.75) is 31.0 Å². The number of aliphatic hydroxyl groups excluding tert-OH is 2. The van der Waals surface area contributed by atoms with Crippen molar-refractivity contribution in [3.63, 3.8) is 0 Å². The average Bonchev–Trinajstić information content (AvgIpc) is 2.81. The fourth-order valence-electron chi connectivity index (χ4n) is 6.02. The van der Waals surface area contributed by atoms with Crippen LogP contribution >= 0.6 is 0 Å². The van der Waals surface area contributed by atoms with Crippen LogP contribution in [0, 0.1) is 17.7 Å². The summed E-state index contributed by atoms with van der Waals surface area (Å²) in [6, 6.07) is -0.0752. The minimum atomic E-state index is -2.74. The van der Waals surface area contributed by atoms with Crippen molar-refractivity contribution < 1.29 is 39.2 Å². The molecule has 4 atom stereocenters. The molecule has 0 aliphatic heterocycles. The van der Waals surface area contributed by atoms with Crippen molar-refractivity contribution in [2.24, 2.45) is 17.6 Å². The molecule has 7 N–H and O–H groups in total. The maximum Gasteiger partial charge on any atom is 0.250 e. The number of aliphatic hydroxyl groups is 3. The Balaban J connectivity index is 1.83. The minimum absolute atomic E-state index is 0.0463. The fraction of sp³-hybridized carbons (Fsp3) is 0.462. The van der Waals surface area contributed by atoms with Gasteiger partial charge in [0.2, 0.25) is 5.91 Å². The third-order valence-corrected chi connectivity index (χ3v) is 7.70. The van der Waals surface area contributed by atoms with E-state index in [1.807, 2.05) is 0 Å². The van der Waals surface area contributed by atoms with Gasteiger partial charge in [0.1, 0.15) is 28.7 Å². The van der Waals surface area contributed by atoms with E-state index in [4.69, 9.17) is 5.73 Å². The summed E-state index contributed by atoms with van der Waals surface area (Å²) >= 11 is 0. The zero-order chi connectivity index (χ0) is 29.1. The maximum atomic E-state index is 15.3. The summed E-state index contributed by atoms with van der Waals surface area (Å²) in [6.45, 7) is -0.218. The molecule has 0 unspecified atom stereocenters. The number of halogens is 1. The Bertz CT molecular complexity index is 1370. The van der Waals surface area contributed by atoms with Gasteiger partial charge in [-0.2, -0.15) is 0 Å². The Labute approximate surface area is 223 Å². The summed E-state index contributed by atoms with van der Waals surface area (Å²) in [6.07, 6.45) is -0.250. The van der Waals surface area contributed by atoms with Gasteiger partial charge in [-0.15, -0.1) is 5.71 Å². The Morgan fingerprint density at radius 2 is 1.87 bits per heavy atom. The molecule has 0 saturated heterocycles. The highest BCUT2D eigenvalue weighted by atomic mass is 19.1. The lowest BCUT2D eigenvalue weighted by molar-refractivity contribution is -0.138.